The van der Waals surface area contributed by atoms with E-state index in [9.17, 15) is 0 Å². The largest absolute Gasteiger partial charge is 0.399 e. The van der Waals surface area contributed by atoms with E-state index in [0.717, 1.165) is 29.0 Å². The highest BCUT2D eigenvalue weighted by molar-refractivity contribution is 5.90. The van der Waals surface area contributed by atoms with Crippen molar-refractivity contribution in [2.75, 3.05) is 30.7 Å². The van der Waals surface area contributed by atoms with Gasteiger partial charge in [-0.1, -0.05) is 0 Å². The number of hydrogen-bond acceptors (Lipinski definition) is 5. The van der Waals surface area contributed by atoms with Crippen LogP contribution in [0.3, 0.4) is 0 Å². The van der Waals surface area contributed by atoms with Crippen molar-refractivity contribution in [1.29, 1.82) is 0 Å². The standard InChI is InChI=1S/C16H23N5/c1-11(2)21-6-5-12(9-21)8-18-16-14-4-3-13(17)7-15(14)19-10-20-16/h3-4,7,10-12H,5-6,8-9,17H2,1-2H3,(H,18,19,20). The van der Waals surface area contributed by atoms with Crippen molar-refractivity contribution in [3.05, 3.63) is 24.5 Å². The van der Waals surface area contributed by atoms with Gasteiger partial charge >= 0.3 is 0 Å². The van der Waals surface area contributed by atoms with Gasteiger partial charge < -0.3 is 16.0 Å². The van der Waals surface area contributed by atoms with Gasteiger partial charge in [-0.25, -0.2) is 9.97 Å². The average Bonchev–Trinajstić information content (AvgIpc) is 2.93. The van der Waals surface area contributed by atoms with Gasteiger partial charge in [-0.15, -0.1) is 0 Å². The zero-order chi connectivity index (χ0) is 14.8. The van der Waals surface area contributed by atoms with Crippen LogP contribution in [0.1, 0.15) is 20.3 Å². The molecule has 1 aliphatic heterocycles. The summed E-state index contributed by atoms with van der Waals surface area (Å²) in [6, 6.07) is 6.41. The first-order chi connectivity index (χ1) is 10.1. The second-order valence-corrected chi connectivity index (χ2v) is 6.12. The average molecular weight is 285 g/mol. The number of nitrogens with one attached hydrogen (secondary N) is 1. The van der Waals surface area contributed by atoms with Gasteiger partial charge in [-0.05, 0) is 50.9 Å². The van der Waals surface area contributed by atoms with Crippen molar-refractivity contribution in [2.45, 2.75) is 26.3 Å². The maximum absolute atomic E-state index is 5.80. The number of anilines is 2. The molecule has 1 saturated heterocycles. The molecule has 2 aromatic rings. The minimum absolute atomic E-state index is 0.637. The number of aromatic nitrogens is 2. The number of nitrogens with two attached hydrogens (primary N) is 1. The van der Waals surface area contributed by atoms with Crippen molar-refractivity contribution >= 4 is 22.4 Å². The van der Waals surface area contributed by atoms with Crippen molar-refractivity contribution in [2.24, 2.45) is 5.92 Å². The number of nitrogen functional groups attached to an aromatic ring is 1. The Morgan fingerprint density at radius 2 is 2.24 bits per heavy atom. The lowest BCUT2D eigenvalue weighted by molar-refractivity contribution is 0.266. The molecule has 3 rings (SSSR count). The SMILES string of the molecule is CC(C)N1CCC(CNc2ncnc3cc(N)ccc23)C1. The monoisotopic (exact) mass is 285 g/mol. The quantitative estimate of drug-likeness (QED) is 0.844. The fraction of sp³-hybridized carbons (Fsp3) is 0.500. The van der Waals surface area contributed by atoms with Gasteiger partial charge in [0.1, 0.15) is 12.1 Å². The van der Waals surface area contributed by atoms with E-state index in [1.165, 1.54) is 19.5 Å². The van der Waals surface area contributed by atoms with Crippen LogP contribution in [-0.2, 0) is 0 Å². The molecular formula is C16H23N5. The van der Waals surface area contributed by atoms with Crippen molar-refractivity contribution in [3.63, 3.8) is 0 Å². The van der Waals surface area contributed by atoms with Gasteiger partial charge in [0.05, 0.1) is 5.52 Å². The van der Waals surface area contributed by atoms with Crippen molar-refractivity contribution in [1.82, 2.24) is 14.9 Å². The maximum atomic E-state index is 5.80. The second-order valence-electron chi connectivity index (χ2n) is 6.12. The Kier molecular flexibility index (Phi) is 3.92. The van der Waals surface area contributed by atoms with Gasteiger partial charge in [0.25, 0.3) is 0 Å². The van der Waals surface area contributed by atoms with Crippen LogP contribution >= 0.6 is 0 Å². The van der Waals surface area contributed by atoms with E-state index < -0.39 is 0 Å². The summed E-state index contributed by atoms with van der Waals surface area (Å²) < 4.78 is 0. The predicted molar refractivity (Wildman–Crippen MR) is 87.3 cm³/mol. The number of nitrogens with zero attached hydrogens (tertiary/aromatic N) is 3. The first-order valence-corrected chi connectivity index (χ1v) is 7.61. The molecule has 1 fully saturated rings. The summed E-state index contributed by atoms with van der Waals surface area (Å²) in [7, 11) is 0. The third-order valence-electron chi connectivity index (χ3n) is 4.27. The van der Waals surface area contributed by atoms with Crippen LogP contribution in [0.2, 0.25) is 0 Å². The number of fused-ring (bicyclic) bond motifs is 1. The molecule has 1 aromatic carbocycles. The topological polar surface area (TPSA) is 67.1 Å². The molecule has 0 radical (unpaired) electrons. The van der Waals surface area contributed by atoms with Crippen LogP contribution in [0.4, 0.5) is 11.5 Å². The molecule has 1 atom stereocenters. The van der Waals surface area contributed by atoms with Gasteiger partial charge in [0.15, 0.2) is 0 Å². The third-order valence-corrected chi connectivity index (χ3v) is 4.27. The number of rotatable bonds is 4. The van der Waals surface area contributed by atoms with Crippen molar-refractivity contribution < 1.29 is 0 Å². The molecule has 0 spiro atoms. The highest BCUT2D eigenvalue weighted by Crippen LogP contribution is 2.23. The van der Waals surface area contributed by atoms with E-state index in [1.54, 1.807) is 6.33 Å². The maximum Gasteiger partial charge on any atom is 0.137 e. The Morgan fingerprint density at radius 1 is 1.38 bits per heavy atom. The molecule has 1 unspecified atom stereocenters. The molecule has 5 nitrogen and oxygen atoms in total. The Labute approximate surface area is 125 Å². The predicted octanol–water partition coefficient (Wildman–Crippen LogP) is 2.35. The fourth-order valence-corrected chi connectivity index (χ4v) is 2.95. The molecule has 0 bridgehead atoms. The minimum Gasteiger partial charge on any atom is -0.399 e. The number of likely N-dealkylation sites (tertiary alicyclic amines) is 1. The summed E-state index contributed by atoms with van der Waals surface area (Å²) in [5, 5.41) is 4.52. The van der Waals surface area contributed by atoms with Gasteiger partial charge in [-0.2, -0.15) is 0 Å². The number of hydrogen-bond donors (Lipinski definition) is 2. The third kappa shape index (κ3) is 3.08. The van der Waals surface area contributed by atoms with Crippen LogP contribution in [0, 0.1) is 5.92 Å². The minimum atomic E-state index is 0.637. The van der Waals surface area contributed by atoms with Gasteiger partial charge in [0.2, 0.25) is 0 Å². The lowest BCUT2D eigenvalue weighted by Gasteiger charge is -2.20. The molecule has 3 N–H and O–H groups in total. The molecule has 0 aliphatic carbocycles. The second kappa shape index (κ2) is 5.85. The molecule has 1 aromatic heterocycles. The summed E-state index contributed by atoms with van der Waals surface area (Å²) in [4.78, 5) is 11.2. The zero-order valence-corrected chi connectivity index (χ0v) is 12.7. The first-order valence-electron chi connectivity index (χ1n) is 7.61. The molecule has 112 valence electrons. The summed E-state index contributed by atoms with van der Waals surface area (Å²) in [6.45, 7) is 7.85. The lowest BCUT2D eigenvalue weighted by Crippen LogP contribution is -2.29. The van der Waals surface area contributed by atoms with E-state index >= 15 is 0 Å². The van der Waals surface area contributed by atoms with Crippen LogP contribution in [0.25, 0.3) is 10.9 Å². The van der Waals surface area contributed by atoms with Gasteiger partial charge in [-0.3, -0.25) is 0 Å². The van der Waals surface area contributed by atoms with Crippen molar-refractivity contribution in [3.8, 4) is 0 Å². The highest BCUT2D eigenvalue weighted by Gasteiger charge is 2.24. The van der Waals surface area contributed by atoms with E-state index in [0.29, 0.717) is 12.0 Å². The summed E-state index contributed by atoms with van der Waals surface area (Å²) in [5.74, 6) is 1.59. The Hall–Kier alpha value is -1.88. The molecule has 5 heteroatoms. The van der Waals surface area contributed by atoms with E-state index in [1.807, 2.05) is 18.2 Å². The number of benzene rings is 1. The molecule has 2 heterocycles. The lowest BCUT2D eigenvalue weighted by atomic mass is 10.1. The van der Waals surface area contributed by atoms with Crippen LogP contribution in [-0.4, -0.2) is 40.5 Å². The smallest absolute Gasteiger partial charge is 0.137 e. The van der Waals surface area contributed by atoms with Crippen LogP contribution in [0.5, 0.6) is 0 Å². The van der Waals surface area contributed by atoms with E-state index in [4.69, 9.17) is 5.73 Å². The zero-order valence-electron chi connectivity index (χ0n) is 12.7. The Morgan fingerprint density at radius 3 is 3.00 bits per heavy atom. The van der Waals surface area contributed by atoms with E-state index in [2.05, 4.69) is 34.0 Å². The summed E-state index contributed by atoms with van der Waals surface area (Å²) in [5.41, 5.74) is 7.43. The Balaban J connectivity index is 1.69. The van der Waals surface area contributed by atoms with Crippen LogP contribution < -0.4 is 11.1 Å². The van der Waals surface area contributed by atoms with Crippen LogP contribution in [0.15, 0.2) is 24.5 Å². The molecule has 1 aliphatic rings. The highest BCUT2D eigenvalue weighted by atomic mass is 15.2. The molecule has 21 heavy (non-hydrogen) atoms. The van der Waals surface area contributed by atoms with Gasteiger partial charge in [0, 0.05) is 30.2 Å². The molecular weight excluding hydrogens is 262 g/mol. The first kappa shape index (κ1) is 14.1. The summed E-state index contributed by atoms with van der Waals surface area (Å²) >= 11 is 0. The fourth-order valence-electron chi connectivity index (χ4n) is 2.95. The summed E-state index contributed by atoms with van der Waals surface area (Å²) in [6.07, 6.45) is 2.85. The Bertz CT molecular complexity index is 625. The molecule has 0 saturated carbocycles. The molecule has 0 amide bonds. The normalized spacial score (nSPS) is 19.5. The van der Waals surface area contributed by atoms with E-state index in [-0.39, 0.29) is 0 Å².